The summed E-state index contributed by atoms with van der Waals surface area (Å²) in [5.74, 6) is 1.39. The van der Waals surface area contributed by atoms with E-state index in [-0.39, 0.29) is 11.5 Å². The zero-order valence-corrected chi connectivity index (χ0v) is 25.9. The summed E-state index contributed by atoms with van der Waals surface area (Å²) < 4.78 is 92.7. The molecule has 4 aromatic rings. The normalized spacial score (nSPS) is 11.1. The molecule has 0 unspecified atom stereocenters. The average Bonchev–Trinajstić information content (AvgIpc) is 2.96. The lowest BCUT2D eigenvalue weighted by Crippen LogP contribution is -2.16. The third-order valence-electron chi connectivity index (χ3n) is 5.50. The summed E-state index contributed by atoms with van der Waals surface area (Å²) in [6.07, 6.45) is -9.42. The summed E-state index contributed by atoms with van der Waals surface area (Å²) in [6.45, 7) is 8.14. The van der Waals surface area contributed by atoms with Gasteiger partial charge < -0.3 is 29.6 Å². The lowest BCUT2D eigenvalue weighted by atomic mass is 10.1. The number of ether oxygens (including phenoxy) is 4. The third-order valence-corrected chi connectivity index (χ3v) is 6.17. The molecule has 0 fully saturated rings. The second-order valence-electron chi connectivity index (χ2n) is 8.96. The number of rotatable bonds is 10. The Balaban J connectivity index is 0.000000246. The van der Waals surface area contributed by atoms with E-state index in [9.17, 15) is 26.3 Å². The minimum Gasteiger partial charge on any atom is -0.457 e. The molecule has 4 rings (SSSR count). The molecule has 0 aromatic heterocycles. The molecule has 0 saturated carbocycles. The van der Waals surface area contributed by atoms with Crippen LogP contribution in [0.3, 0.4) is 0 Å². The van der Waals surface area contributed by atoms with Gasteiger partial charge in [0.1, 0.15) is 34.5 Å². The van der Waals surface area contributed by atoms with Crippen molar-refractivity contribution in [2.24, 2.45) is 0 Å². The number of hydrogen-bond donors (Lipinski definition) is 2. The molecule has 0 amide bonds. The molecule has 0 spiro atoms. The van der Waals surface area contributed by atoms with E-state index in [1.165, 1.54) is 48.5 Å². The fourth-order valence-electron chi connectivity index (χ4n) is 3.71. The van der Waals surface area contributed by atoms with Gasteiger partial charge in [-0.15, -0.1) is 26.3 Å². The monoisotopic (exact) mass is 745 g/mol. The highest BCUT2D eigenvalue weighted by Gasteiger charge is 2.31. The number of halogens is 7. The summed E-state index contributed by atoms with van der Waals surface area (Å²) in [7, 11) is 3.59. The van der Waals surface area contributed by atoms with Crippen LogP contribution in [0.15, 0.2) is 84.9 Å². The first-order chi connectivity index (χ1) is 21.3. The molecule has 14 heteroatoms. The Morgan fingerprint density at radius 1 is 0.622 bits per heavy atom. The van der Waals surface area contributed by atoms with Crippen LogP contribution in [0.2, 0.25) is 0 Å². The van der Waals surface area contributed by atoms with E-state index in [2.05, 4.69) is 47.5 Å². The number of nitrogens with zero attached hydrogens (tertiary/aromatic N) is 1. The number of nitrogens with one attached hydrogen (secondary N) is 2. The predicted octanol–water partition coefficient (Wildman–Crippen LogP) is 9.35. The highest BCUT2D eigenvalue weighted by atomic mass is 127. The van der Waals surface area contributed by atoms with Crippen molar-refractivity contribution in [3.8, 4) is 34.5 Å². The maximum atomic E-state index is 12.1. The van der Waals surface area contributed by atoms with Gasteiger partial charge in [0.05, 0.1) is 6.57 Å². The first kappa shape index (κ1) is 35.3. The number of benzene rings is 4. The van der Waals surface area contributed by atoms with Crippen LogP contribution in [-0.2, 0) is 13.1 Å². The van der Waals surface area contributed by atoms with Crippen LogP contribution in [0.25, 0.3) is 4.85 Å². The zero-order valence-electron chi connectivity index (χ0n) is 23.7. The Kier molecular flexibility index (Phi) is 12.7. The van der Waals surface area contributed by atoms with Crippen molar-refractivity contribution in [3.63, 3.8) is 0 Å². The van der Waals surface area contributed by atoms with Gasteiger partial charge in [-0.3, -0.25) is 0 Å². The highest BCUT2D eigenvalue weighted by Crippen LogP contribution is 2.32. The molecular weight excluding hydrogens is 719 g/mol. The van der Waals surface area contributed by atoms with E-state index >= 15 is 0 Å². The van der Waals surface area contributed by atoms with Crippen LogP contribution < -0.4 is 29.6 Å². The van der Waals surface area contributed by atoms with Crippen LogP contribution in [0.4, 0.5) is 32.0 Å². The van der Waals surface area contributed by atoms with Gasteiger partial charge in [0, 0.05) is 22.2 Å². The van der Waals surface area contributed by atoms with Crippen molar-refractivity contribution in [1.82, 2.24) is 10.6 Å². The molecule has 0 aliphatic rings. The Bertz CT molecular complexity index is 1580. The highest BCUT2D eigenvalue weighted by molar-refractivity contribution is 14.1. The van der Waals surface area contributed by atoms with Crippen molar-refractivity contribution in [2.75, 3.05) is 14.1 Å². The number of hydrogen-bond acceptors (Lipinski definition) is 6. The summed E-state index contributed by atoms with van der Waals surface area (Å²) in [5.41, 5.74) is 2.22. The quantitative estimate of drug-likeness (QED) is 0.0959. The maximum absolute atomic E-state index is 12.1. The minimum absolute atomic E-state index is 0.280. The van der Waals surface area contributed by atoms with Gasteiger partial charge in [0.15, 0.2) is 5.69 Å². The molecule has 4 aromatic carbocycles. The lowest BCUT2D eigenvalue weighted by Gasteiger charge is -2.13. The first-order valence-electron chi connectivity index (χ1n) is 12.9. The second kappa shape index (κ2) is 16.2. The van der Waals surface area contributed by atoms with Crippen molar-refractivity contribution in [2.45, 2.75) is 25.8 Å². The van der Waals surface area contributed by atoms with Crippen molar-refractivity contribution >= 4 is 28.3 Å². The van der Waals surface area contributed by atoms with Crippen LogP contribution >= 0.6 is 22.6 Å². The van der Waals surface area contributed by atoms with Crippen LogP contribution in [-0.4, -0.2) is 26.8 Å². The fourth-order valence-corrected chi connectivity index (χ4v) is 4.27. The van der Waals surface area contributed by atoms with Crippen LogP contribution in [0, 0.1) is 10.1 Å². The molecule has 0 bridgehead atoms. The number of alkyl halides is 6. The molecular formula is C31H26F6IN3O4. The lowest BCUT2D eigenvalue weighted by molar-refractivity contribution is -0.275. The van der Waals surface area contributed by atoms with Crippen LogP contribution in [0.1, 0.15) is 11.1 Å². The fraction of sp³-hybridized carbons (Fsp3) is 0.194. The van der Waals surface area contributed by atoms with Gasteiger partial charge in [-0.05, 0) is 121 Å². The Morgan fingerprint density at radius 3 is 1.42 bits per heavy atom. The first-order valence-corrected chi connectivity index (χ1v) is 14.0. The van der Waals surface area contributed by atoms with E-state index in [1.807, 2.05) is 25.2 Å². The molecule has 0 aliphatic heterocycles. The van der Waals surface area contributed by atoms with Gasteiger partial charge in [-0.25, -0.2) is 4.85 Å². The van der Waals surface area contributed by atoms with E-state index in [0.29, 0.717) is 41.8 Å². The minimum atomic E-state index is -4.72. The van der Waals surface area contributed by atoms with E-state index in [4.69, 9.17) is 16.0 Å². The Morgan fingerprint density at radius 2 is 1.02 bits per heavy atom. The standard InChI is InChI=1S/C16H13F3N2O2.C15H13F3INO2/c1-20-10-11-9-12(21-2)3-8-15(11)22-13-4-6-14(7-5-13)23-16(17,18)19;1-20-9-10-8-11(19)2-7-14(10)21-12-3-5-13(6-4-12)22-15(16,17)18/h3-9,20H,10H2,1H3;2-8,20H,9H2,1H3. The third kappa shape index (κ3) is 12.4. The zero-order chi connectivity index (χ0) is 33.0. The van der Waals surface area contributed by atoms with Crippen molar-refractivity contribution in [1.29, 1.82) is 0 Å². The Labute approximate surface area is 269 Å². The molecule has 0 saturated heterocycles. The summed E-state index contributed by atoms with van der Waals surface area (Å²) in [4.78, 5) is 3.35. The second-order valence-corrected chi connectivity index (χ2v) is 10.2. The van der Waals surface area contributed by atoms with Gasteiger partial charge >= 0.3 is 12.7 Å². The molecule has 2 N–H and O–H groups in total. The molecule has 0 atom stereocenters. The largest absolute Gasteiger partial charge is 0.573 e. The molecule has 0 aliphatic carbocycles. The summed E-state index contributed by atoms with van der Waals surface area (Å²) >= 11 is 2.20. The Hall–Kier alpha value is -4.20. The smallest absolute Gasteiger partial charge is 0.457 e. The average molecular weight is 745 g/mol. The molecule has 0 heterocycles. The molecule has 45 heavy (non-hydrogen) atoms. The predicted molar refractivity (Wildman–Crippen MR) is 164 cm³/mol. The molecule has 0 radical (unpaired) electrons. The van der Waals surface area contributed by atoms with Crippen molar-refractivity contribution in [3.05, 3.63) is 111 Å². The summed E-state index contributed by atoms with van der Waals surface area (Å²) in [6, 6.07) is 21.1. The van der Waals surface area contributed by atoms with Gasteiger partial charge in [-0.2, -0.15) is 0 Å². The SMILES string of the molecule is CNCc1cc(I)ccc1Oc1ccc(OC(F)(F)F)cc1.[C-]#[N+]c1ccc(Oc2ccc(OC(F)(F)F)cc2)c(CNC)c1. The van der Waals surface area contributed by atoms with Gasteiger partial charge in [0.25, 0.3) is 0 Å². The van der Waals surface area contributed by atoms with Crippen molar-refractivity contribution < 1.29 is 45.3 Å². The molecule has 238 valence electrons. The van der Waals surface area contributed by atoms with E-state index in [1.54, 1.807) is 25.2 Å². The topological polar surface area (TPSA) is 65.3 Å². The van der Waals surface area contributed by atoms with E-state index in [0.717, 1.165) is 14.7 Å². The van der Waals surface area contributed by atoms with E-state index < -0.39 is 12.7 Å². The maximum Gasteiger partial charge on any atom is 0.573 e. The van der Waals surface area contributed by atoms with Crippen LogP contribution in [0.5, 0.6) is 34.5 Å². The molecule has 7 nitrogen and oxygen atoms in total. The van der Waals surface area contributed by atoms with Gasteiger partial charge in [0.2, 0.25) is 0 Å². The van der Waals surface area contributed by atoms with Gasteiger partial charge in [-0.1, -0.05) is 6.07 Å². The summed E-state index contributed by atoms with van der Waals surface area (Å²) in [5, 5.41) is 6.01.